The van der Waals surface area contributed by atoms with Crippen LogP contribution in [0.5, 0.6) is 5.75 Å². The molecule has 1 aromatic carbocycles. The van der Waals surface area contributed by atoms with Crippen LogP contribution in [-0.2, 0) is 5.41 Å². The molecular formula is C12H19NO. The Labute approximate surface area is 86.3 Å². The largest absolute Gasteiger partial charge is 0.496 e. The normalized spacial score (nSPS) is 11.2. The van der Waals surface area contributed by atoms with Crippen LogP contribution in [0, 0.1) is 0 Å². The molecule has 0 spiro atoms. The minimum Gasteiger partial charge on any atom is -0.496 e. The molecule has 0 fully saturated rings. The van der Waals surface area contributed by atoms with E-state index < -0.39 is 0 Å². The highest BCUT2D eigenvalue weighted by Crippen LogP contribution is 2.33. The molecule has 14 heavy (non-hydrogen) atoms. The quantitative estimate of drug-likeness (QED) is 0.779. The van der Waals surface area contributed by atoms with Crippen molar-refractivity contribution in [3.63, 3.8) is 0 Å². The van der Waals surface area contributed by atoms with E-state index in [1.165, 1.54) is 5.56 Å². The molecule has 0 aliphatic heterocycles. The third kappa shape index (κ3) is 2.19. The Balaban J connectivity index is 3.22. The Morgan fingerprint density at radius 1 is 1.21 bits per heavy atom. The summed E-state index contributed by atoms with van der Waals surface area (Å²) < 4.78 is 5.34. The lowest BCUT2D eigenvalue weighted by Gasteiger charge is -2.22. The molecular weight excluding hydrogens is 174 g/mol. The van der Waals surface area contributed by atoms with Gasteiger partial charge in [0.25, 0.3) is 0 Å². The number of hydrogen-bond acceptors (Lipinski definition) is 2. The van der Waals surface area contributed by atoms with Crippen LogP contribution < -0.4 is 10.1 Å². The van der Waals surface area contributed by atoms with Gasteiger partial charge in [-0.3, -0.25) is 0 Å². The average molecular weight is 193 g/mol. The van der Waals surface area contributed by atoms with Gasteiger partial charge in [-0.1, -0.05) is 20.8 Å². The molecule has 0 aromatic heterocycles. The third-order valence-corrected chi connectivity index (χ3v) is 2.30. The minimum atomic E-state index is 0.109. The van der Waals surface area contributed by atoms with Gasteiger partial charge in [-0.15, -0.1) is 0 Å². The molecule has 0 radical (unpaired) electrons. The number of methoxy groups -OCH3 is 1. The lowest BCUT2D eigenvalue weighted by atomic mass is 9.86. The van der Waals surface area contributed by atoms with E-state index in [4.69, 9.17) is 4.74 Å². The van der Waals surface area contributed by atoms with Crippen LogP contribution in [0.4, 0.5) is 5.69 Å². The van der Waals surface area contributed by atoms with E-state index in [1.807, 2.05) is 19.2 Å². The molecule has 2 nitrogen and oxygen atoms in total. The van der Waals surface area contributed by atoms with Crippen molar-refractivity contribution in [2.75, 3.05) is 19.5 Å². The summed E-state index contributed by atoms with van der Waals surface area (Å²) in [5.41, 5.74) is 2.46. The van der Waals surface area contributed by atoms with Gasteiger partial charge in [0.1, 0.15) is 5.75 Å². The van der Waals surface area contributed by atoms with Crippen molar-refractivity contribution >= 4 is 5.69 Å². The second-order valence-electron chi connectivity index (χ2n) is 4.42. The lowest BCUT2D eigenvalue weighted by Crippen LogP contribution is -2.13. The Morgan fingerprint density at radius 2 is 1.86 bits per heavy atom. The SMILES string of the molecule is CNc1ccc(OC)c(C(C)(C)C)c1. The zero-order valence-corrected chi connectivity index (χ0v) is 9.64. The van der Waals surface area contributed by atoms with E-state index >= 15 is 0 Å². The summed E-state index contributed by atoms with van der Waals surface area (Å²) in [6.07, 6.45) is 0. The van der Waals surface area contributed by atoms with Crippen molar-refractivity contribution in [3.05, 3.63) is 23.8 Å². The summed E-state index contributed by atoms with van der Waals surface area (Å²) >= 11 is 0. The molecule has 1 N–H and O–H groups in total. The lowest BCUT2D eigenvalue weighted by molar-refractivity contribution is 0.397. The Bertz CT molecular complexity index is 313. The highest BCUT2D eigenvalue weighted by Gasteiger charge is 2.18. The standard InChI is InChI=1S/C12H19NO/c1-12(2,3)10-8-9(13-4)6-7-11(10)14-5/h6-8,13H,1-5H3. The van der Waals surface area contributed by atoms with Crippen LogP contribution >= 0.6 is 0 Å². The fraction of sp³-hybridized carbons (Fsp3) is 0.500. The van der Waals surface area contributed by atoms with Crippen molar-refractivity contribution in [3.8, 4) is 5.75 Å². The van der Waals surface area contributed by atoms with Crippen molar-refractivity contribution in [1.29, 1.82) is 0 Å². The summed E-state index contributed by atoms with van der Waals surface area (Å²) in [6.45, 7) is 6.55. The molecule has 0 saturated carbocycles. The Kier molecular flexibility index (Phi) is 3.04. The van der Waals surface area contributed by atoms with Gasteiger partial charge in [0.15, 0.2) is 0 Å². The molecule has 0 heterocycles. The molecule has 78 valence electrons. The monoisotopic (exact) mass is 193 g/mol. The van der Waals surface area contributed by atoms with Gasteiger partial charge < -0.3 is 10.1 Å². The van der Waals surface area contributed by atoms with Crippen molar-refractivity contribution in [2.24, 2.45) is 0 Å². The van der Waals surface area contributed by atoms with Gasteiger partial charge in [-0.25, -0.2) is 0 Å². The van der Waals surface area contributed by atoms with Crippen molar-refractivity contribution in [1.82, 2.24) is 0 Å². The van der Waals surface area contributed by atoms with Gasteiger partial charge in [0, 0.05) is 18.3 Å². The first kappa shape index (κ1) is 10.9. The number of ether oxygens (including phenoxy) is 1. The van der Waals surface area contributed by atoms with E-state index in [0.717, 1.165) is 11.4 Å². The van der Waals surface area contributed by atoms with Crippen LogP contribution in [0.15, 0.2) is 18.2 Å². The first-order valence-corrected chi connectivity index (χ1v) is 4.85. The number of benzene rings is 1. The molecule has 1 aromatic rings. The van der Waals surface area contributed by atoms with Gasteiger partial charge in [-0.05, 0) is 23.6 Å². The van der Waals surface area contributed by atoms with Gasteiger partial charge >= 0.3 is 0 Å². The fourth-order valence-electron chi connectivity index (χ4n) is 1.45. The highest BCUT2D eigenvalue weighted by atomic mass is 16.5. The fourth-order valence-corrected chi connectivity index (χ4v) is 1.45. The van der Waals surface area contributed by atoms with Gasteiger partial charge in [0.05, 0.1) is 7.11 Å². The maximum atomic E-state index is 5.34. The first-order valence-electron chi connectivity index (χ1n) is 4.85. The summed E-state index contributed by atoms with van der Waals surface area (Å²) in [4.78, 5) is 0. The third-order valence-electron chi connectivity index (χ3n) is 2.30. The van der Waals surface area contributed by atoms with Crippen molar-refractivity contribution in [2.45, 2.75) is 26.2 Å². The minimum absolute atomic E-state index is 0.109. The van der Waals surface area contributed by atoms with Gasteiger partial charge in [-0.2, -0.15) is 0 Å². The smallest absolute Gasteiger partial charge is 0.122 e. The van der Waals surface area contributed by atoms with Gasteiger partial charge in [0.2, 0.25) is 0 Å². The predicted octanol–water partition coefficient (Wildman–Crippen LogP) is 3.03. The summed E-state index contributed by atoms with van der Waals surface area (Å²) in [5.74, 6) is 0.955. The molecule has 0 aliphatic rings. The molecule has 0 amide bonds. The molecule has 0 unspecified atom stereocenters. The Morgan fingerprint density at radius 3 is 2.29 bits per heavy atom. The van der Waals surface area contributed by atoms with E-state index in [-0.39, 0.29) is 5.41 Å². The zero-order valence-electron chi connectivity index (χ0n) is 9.64. The second kappa shape index (κ2) is 3.91. The first-order chi connectivity index (χ1) is 6.49. The second-order valence-corrected chi connectivity index (χ2v) is 4.42. The van der Waals surface area contributed by atoms with Crippen LogP contribution in [0.25, 0.3) is 0 Å². The number of anilines is 1. The average Bonchev–Trinajstić information content (AvgIpc) is 2.15. The molecule has 0 saturated heterocycles. The highest BCUT2D eigenvalue weighted by molar-refractivity contribution is 5.52. The maximum Gasteiger partial charge on any atom is 0.122 e. The molecule has 0 atom stereocenters. The Hall–Kier alpha value is -1.18. The number of hydrogen-bond donors (Lipinski definition) is 1. The molecule has 1 rings (SSSR count). The maximum absolute atomic E-state index is 5.34. The summed E-state index contributed by atoms with van der Waals surface area (Å²) in [7, 11) is 3.64. The number of rotatable bonds is 2. The van der Waals surface area contributed by atoms with E-state index in [2.05, 4.69) is 32.2 Å². The predicted molar refractivity (Wildman–Crippen MR) is 61.2 cm³/mol. The molecule has 2 heteroatoms. The topological polar surface area (TPSA) is 21.3 Å². The summed E-state index contributed by atoms with van der Waals surface area (Å²) in [6, 6.07) is 6.17. The van der Waals surface area contributed by atoms with E-state index in [1.54, 1.807) is 7.11 Å². The molecule has 0 bridgehead atoms. The van der Waals surface area contributed by atoms with Crippen LogP contribution in [0.1, 0.15) is 26.3 Å². The van der Waals surface area contributed by atoms with Crippen LogP contribution in [-0.4, -0.2) is 14.2 Å². The van der Waals surface area contributed by atoms with Crippen molar-refractivity contribution < 1.29 is 4.74 Å². The molecule has 0 aliphatic carbocycles. The van der Waals surface area contributed by atoms with Crippen LogP contribution in [0.2, 0.25) is 0 Å². The zero-order chi connectivity index (χ0) is 10.8. The summed E-state index contributed by atoms with van der Waals surface area (Å²) in [5, 5.41) is 3.14. The van der Waals surface area contributed by atoms with Crippen LogP contribution in [0.3, 0.4) is 0 Å². The van der Waals surface area contributed by atoms with E-state index in [0.29, 0.717) is 0 Å². The number of nitrogens with one attached hydrogen (secondary N) is 1. The van der Waals surface area contributed by atoms with E-state index in [9.17, 15) is 0 Å².